The second-order valence-corrected chi connectivity index (χ2v) is 12.4. The van der Waals surface area contributed by atoms with Gasteiger partial charge in [-0.15, -0.1) is 13.2 Å². The molecular weight excluding hydrogens is 458 g/mol. The standard InChI is InChI=1S/C28H45N3O5/c1-11-13-29(10)23(33)20-21-24(34)31(19(16-32)17(3)4)22(25(35)30(14-12-2)26(6,7)8)28(21)15-18(5)27(20,9)36-28/h11-12,17-22,32H,1-2,13-16H2,3-10H3/t18?,19-,20+,21-,22?,27-,28?/m0/s1. The Morgan fingerprint density at radius 2 is 1.81 bits per heavy atom. The van der Waals surface area contributed by atoms with Gasteiger partial charge in [0.2, 0.25) is 17.7 Å². The lowest BCUT2D eigenvalue weighted by Gasteiger charge is -2.44. The number of rotatable bonds is 9. The van der Waals surface area contributed by atoms with Gasteiger partial charge in [-0.25, -0.2) is 0 Å². The van der Waals surface area contributed by atoms with E-state index in [-0.39, 0.29) is 36.2 Å². The van der Waals surface area contributed by atoms with Gasteiger partial charge in [-0.05, 0) is 46.0 Å². The molecule has 3 aliphatic rings. The van der Waals surface area contributed by atoms with Crippen LogP contribution in [0.5, 0.6) is 0 Å². The summed E-state index contributed by atoms with van der Waals surface area (Å²) in [7, 11) is 1.70. The van der Waals surface area contributed by atoms with Gasteiger partial charge in [-0.2, -0.15) is 0 Å². The highest BCUT2D eigenvalue weighted by molar-refractivity contribution is 5.99. The zero-order valence-corrected chi connectivity index (χ0v) is 23.3. The smallest absolute Gasteiger partial charge is 0.249 e. The molecule has 0 aromatic carbocycles. The number of nitrogens with zero attached hydrogens (tertiary/aromatic N) is 3. The number of hydrogen-bond acceptors (Lipinski definition) is 5. The number of fused-ring (bicyclic) bond motifs is 1. The van der Waals surface area contributed by atoms with Crippen LogP contribution in [0.3, 0.4) is 0 Å². The number of amides is 3. The van der Waals surface area contributed by atoms with Crippen molar-refractivity contribution in [2.75, 3.05) is 26.7 Å². The maximum atomic E-state index is 14.4. The molecule has 0 radical (unpaired) electrons. The van der Waals surface area contributed by atoms with Crippen LogP contribution in [-0.2, 0) is 19.1 Å². The molecule has 0 saturated carbocycles. The number of carbonyl (C=O) groups excluding carboxylic acids is 3. The molecule has 0 aromatic heterocycles. The van der Waals surface area contributed by atoms with Crippen LogP contribution in [0.15, 0.2) is 25.3 Å². The molecule has 3 aliphatic heterocycles. The Balaban J connectivity index is 2.23. The first kappa shape index (κ1) is 28.4. The average Bonchev–Trinajstić information content (AvgIpc) is 3.28. The first-order chi connectivity index (χ1) is 16.6. The van der Waals surface area contributed by atoms with Crippen molar-refractivity contribution >= 4 is 17.7 Å². The second-order valence-electron chi connectivity index (χ2n) is 12.4. The minimum Gasteiger partial charge on any atom is -0.394 e. The number of ether oxygens (including phenoxy) is 1. The van der Waals surface area contributed by atoms with Gasteiger partial charge in [0.15, 0.2) is 0 Å². The minimum absolute atomic E-state index is 0.0444. The number of aliphatic hydroxyl groups excluding tert-OH is 1. The quantitative estimate of drug-likeness (QED) is 0.488. The van der Waals surface area contributed by atoms with E-state index in [0.717, 1.165) is 0 Å². The summed E-state index contributed by atoms with van der Waals surface area (Å²) < 4.78 is 6.80. The number of aliphatic hydroxyl groups is 1. The topological polar surface area (TPSA) is 90.4 Å². The van der Waals surface area contributed by atoms with Crippen molar-refractivity contribution in [3.63, 3.8) is 0 Å². The lowest BCUT2D eigenvalue weighted by molar-refractivity contribution is -0.160. The number of carbonyl (C=O) groups is 3. The molecule has 0 aromatic rings. The van der Waals surface area contributed by atoms with Gasteiger partial charge in [0, 0.05) is 25.7 Å². The van der Waals surface area contributed by atoms with E-state index in [4.69, 9.17) is 4.74 Å². The Labute approximate surface area is 216 Å². The largest absolute Gasteiger partial charge is 0.394 e. The van der Waals surface area contributed by atoms with Crippen LogP contribution < -0.4 is 0 Å². The van der Waals surface area contributed by atoms with E-state index in [1.807, 2.05) is 48.5 Å². The summed E-state index contributed by atoms with van der Waals surface area (Å²) in [4.78, 5) is 47.4. The molecule has 7 atom stereocenters. The van der Waals surface area contributed by atoms with Gasteiger partial charge in [0.25, 0.3) is 0 Å². The third kappa shape index (κ3) is 4.01. The van der Waals surface area contributed by atoms with E-state index in [0.29, 0.717) is 19.5 Å². The highest BCUT2D eigenvalue weighted by Crippen LogP contribution is 2.66. The van der Waals surface area contributed by atoms with Gasteiger partial charge in [-0.3, -0.25) is 14.4 Å². The Kier molecular flexibility index (Phi) is 7.57. The Bertz CT molecular complexity index is 927. The molecule has 3 rings (SSSR count). The summed E-state index contributed by atoms with van der Waals surface area (Å²) in [6.45, 7) is 21.6. The van der Waals surface area contributed by atoms with Crippen molar-refractivity contribution in [1.82, 2.24) is 14.7 Å². The predicted octanol–water partition coefficient (Wildman–Crippen LogP) is 2.47. The molecule has 3 heterocycles. The Morgan fingerprint density at radius 3 is 2.28 bits per heavy atom. The summed E-state index contributed by atoms with van der Waals surface area (Å²) >= 11 is 0. The van der Waals surface area contributed by atoms with E-state index < -0.39 is 40.7 Å². The summed E-state index contributed by atoms with van der Waals surface area (Å²) in [5.41, 5.74) is -2.56. The van der Waals surface area contributed by atoms with Crippen molar-refractivity contribution < 1.29 is 24.2 Å². The van der Waals surface area contributed by atoms with Gasteiger partial charge in [0.05, 0.1) is 30.1 Å². The monoisotopic (exact) mass is 503 g/mol. The SMILES string of the molecule is C=CCN(C)C(=O)[C@H]1[C@H]2C(=O)N([C@@H](CO)C(C)C)C(C(=O)N(CC=C)C(C)(C)C)C23CC(C)[C@]1(C)O3. The van der Waals surface area contributed by atoms with Crippen LogP contribution in [0.2, 0.25) is 0 Å². The third-order valence-electron chi connectivity index (χ3n) is 8.73. The fraction of sp³-hybridized carbons (Fsp3) is 0.750. The first-order valence-electron chi connectivity index (χ1n) is 13.0. The molecule has 1 spiro atoms. The van der Waals surface area contributed by atoms with Crippen molar-refractivity contribution in [2.45, 2.75) is 83.7 Å². The van der Waals surface area contributed by atoms with Crippen LogP contribution in [-0.4, -0.2) is 93.1 Å². The van der Waals surface area contributed by atoms with Gasteiger partial charge in [0.1, 0.15) is 11.6 Å². The van der Waals surface area contributed by atoms with Crippen LogP contribution in [0.4, 0.5) is 0 Å². The van der Waals surface area contributed by atoms with E-state index in [1.54, 1.807) is 33.9 Å². The third-order valence-corrected chi connectivity index (χ3v) is 8.73. The highest BCUT2D eigenvalue weighted by Gasteiger charge is 2.80. The fourth-order valence-electron chi connectivity index (χ4n) is 6.80. The van der Waals surface area contributed by atoms with Gasteiger partial charge in [-0.1, -0.05) is 32.9 Å². The zero-order chi connectivity index (χ0) is 27.4. The molecule has 3 amide bonds. The lowest BCUT2D eigenvalue weighted by atomic mass is 9.62. The number of hydrogen-bond donors (Lipinski definition) is 1. The fourth-order valence-corrected chi connectivity index (χ4v) is 6.80. The summed E-state index contributed by atoms with van der Waals surface area (Å²) in [6, 6.07) is -1.52. The molecule has 0 aliphatic carbocycles. The highest BCUT2D eigenvalue weighted by atomic mass is 16.5. The molecule has 3 fully saturated rings. The first-order valence-corrected chi connectivity index (χ1v) is 13.0. The zero-order valence-electron chi connectivity index (χ0n) is 23.3. The molecule has 3 unspecified atom stereocenters. The maximum Gasteiger partial charge on any atom is 0.249 e. The molecule has 1 N–H and O–H groups in total. The molecule has 8 nitrogen and oxygen atoms in total. The Hall–Kier alpha value is -2.19. The average molecular weight is 504 g/mol. The van der Waals surface area contributed by atoms with E-state index >= 15 is 0 Å². The minimum atomic E-state index is -1.15. The van der Waals surface area contributed by atoms with E-state index in [9.17, 15) is 19.5 Å². The van der Waals surface area contributed by atoms with Crippen LogP contribution >= 0.6 is 0 Å². The number of likely N-dealkylation sites (tertiary alicyclic amines) is 1. The van der Waals surface area contributed by atoms with Crippen LogP contribution in [0, 0.1) is 23.7 Å². The second kappa shape index (κ2) is 9.60. The molecule has 202 valence electrons. The summed E-state index contributed by atoms with van der Waals surface area (Å²) in [5, 5.41) is 10.4. The molecular formula is C28H45N3O5. The predicted molar refractivity (Wildman–Crippen MR) is 139 cm³/mol. The lowest BCUT2D eigenvalue weighted by Crippen LogP contribution is -2.62. The van der Waals surface area contributed by atoms with Crippen molar-refractivity contribution in [1.29, 1.82) is 0 Å². The summed E-state index contributed by atoms with van der Waals surface area (Å²) in [6.07, 6.45) is 3.82. The summed E-state index contributed by atoms with van der Waals surface area (Å²) in [5.74, 6) is -2.37. The van der Waals surface area contributed by atoms with Crippen molar-refractivity contribution in [3.8, 4) is 0 Å². The molecule has 36 heavy (non-hydrogen) atoms. The number of likely N-dealkylation sites (N-methyl/N-ethyl adjacent to an activating group) is 1. The van der Waals surface area contributed by atoms with Crippen LogP contribution in [0.1, 0.15) is 54.9 Å². The van der Waals surface area contributed by atoms with E-state index in [2.05, 4.69) is 13.2 Å². The maximum absolute atomic E-state index is 14.4. The van der Waals surface area contributed by atoms with E-state index in [1.165, 1.54) is 0 Å². The van der Waals surface area contributed by atoms with Gasteiger partial charge >= 0.3 is 0 Å². The van der Waals surface area contributed by atoms with Crippen LogP contribution in [0.25, 0.3) is 0 Å². The Morgan fingerprint density at radius 1 is 1.22 bits per heavy atom. The molecule has 3 saturated heterocycles. The van der Waals surface area contributed by atoms with Gasteiger partial charge < -0.3 is 24.5 Å². The van der Waals surface area contributed by atoms with Crippen molar-refractivity contribution in [2.24, 2.45) is 23.7 Å². The normalized spacial score (nSPS) is 34.1. The molecule has 8 heteroatoms. The molecule has 2 bridgehead atoms. The van der Waals surface area contributed by atoms with Crippen molar-refractivity contribution in [3.05, 3.63) is 25.3 Å².